The van der Waals surface area contributed by atoms with Gasteiger partial charge < -0.3 is 16.0 Å². The van der Waals surface area contributed by atoms with E-state index in [1.54, 1.807) is 10.9 Å². The molecular weight excluding hydrogens is 354 g/mol. The van der Waals surface area contributed by atoms with Crippen LogP contribution in [0.3, 0.4) is 0 Å². The summed E-state index contributed by atoms with van der Waals surface area (Å²) in [6.07, 6.45) is 12.1. The molecule has 0 radical (unpaired) electrons. The van der Waals surface area contributed by atoms with Gasteiger partial charge in [0.05, 0.1) is 30.0 Å². The molecule has 9 heteroatoms. The highest BCUT2D eigenvalue weighted by Crippen LogP contribution is 2.25. The van der Waals surface area contributed by atoms with E-state index in [0.29, 0.717) is 5.82 Å². The fourth-order valence-electron chi connectivity index (χ4n) is 3.55. The molecule has 1 aliphatic heterocycles. The standard InChI is InChI=1S/C19H21N9/c1-26-11-13(8-24-26)16-10-23-19-18(21-5-7-28(16)19)25-15-2-3-17(22-9-15)27-6-4-14(20)12-27/h2-3,5,7-11,14H,4,6,12,20H2,1H3,(H,21,25)/t14-/m0/s1. The van der Waals surface area contributed by atoms with Crippen molar-refractivity contribution in [1.82, 2.24) is 29.1 Å². The van der Waals surface area contributed by atoms with E-state index in [-0.39, 0.29) is 6.04 Å². The summed E-state index contributed by atoms with van der Waals surface area (Å²) in [4.78, 5) is 15.8. The highest BCUT2D eigenvalue weighted by molar-refractivity contribution is 5.73. The maximum atomic E-state index is 5.99. The molecule has 1 fully saturated rings. The highest BCUT2D eigenvalue weighted by atomic mass is 15.2. The Labute approximate surface area is 161 Å². The average Bonchev–Trinajstić information content (AvgIpc) is 3.42. The van der Waals surface area contributed by atoms with Gasteiger partial charge in [-0.3, -0.25) is 9.08 Å². The van der Waals surface area contributed by atoms with Gasteiger partial charge in [-0.05, 0) is 18.6 Å². The van der Waals surface area contributed by atoms with Crippen molar-refractivity contribution in [3.8, 4) is 11.3 Å². The minimum atomic E-state index is 0.232. The predicted molar refractivity (Wildman–Crippen MR) is 108 cm³/mol. The molecule has 0 amide bonds. The summed E-state index contributed by atoms with van der Waals surface area (Å²) in [5, 5.41) is 7.56. The van der Waals surface area contributed by atoms with E-state index in [1.165, 1.54) is 0 Å². The number of aromatic nitrogens is 6. The van der Waals surface area contributed by atoms with Gasteiger partial charge in [0.1, 0.15) is 5.82 Å². The zero-order chi connectivity index (χ0) is 19.1. The summed E-state index contributed by atoms with van der Waals surface area (Å²) >= 11 is 0. The number of nitrogens with one attached hydrogen (secondary N) is 1. The molecule has 0 aromatic carbocycles. The molecule has 1 saturated heterocycles. The first kappa shape index (κ1) is 16.7. The maximum Gasteiger partial charge on any atom is 0.180 e. The van der Waals surface area contributed by atoms with Crippen LogP contribution in [0.5, 0.6) is 0 Å². The Balaban J connectivity index is 1.42. The molecule has 4 aromatic rings. The highest BCUT2D eigenvalue weighted by Gasteiger charge is 2.20. The molecule has 0 aliphatic carbocycles. The van der Waals surface area contributed by atoms with Crippen LogP contribution in [0, 0.1) is 0 Å². The summed E-state index contributed by atoms with van der Waals surface area (Å²) in [5.74, 6) is 1.62. The summed E-state index contributed by atoms with van der Waals surface area (Å²) in [6.45, 7) is 1.80. The Morgan fingerprint density at radius 1 is 1.14 bits per heavy atom. The summed E-state index contributed by atoms with van der Waals surface area (Å²) in [7, 11) is 1.90. The third-order valence-electron chi connectivity index (χ3n) is 4.99. The molecule has 0 unspecified atom stereocenters. The van der Waals surface area contributed by atoms with Crippen molar-refractivity contribution >= 4 is 23.0 Å². The molecular formula is C19H21N9. The fraction of sp³-hybridized carbons (Fsp3) is 0.263. The number of aryl methyl sites for hydroxylation is 1. The Kier molecular flexibility index (Phi) is 3.94. The smallest absolute Gasteiger partial charge is 0.180 e. The summed E-state index contributed by atoms with van der Waals surface area (Å²) < 4.78 is 3.77. The van der Waals surface area contributed by atoms with Crippen LogP contribution in [0.2, 0.25) is 0 Å². The first-order valence-corrected chi connectivity index (χ1v) is 9.22. The topological polar surface area (TPSA) is 102 Å². The second kappa shape index (κ2) is 6.61. The van der Waals surface area contributed by atoms with Crippen molar-refractivity contribution < 1.29 is 0 Å². The van der Waals surface area contributed by atoms with E-state index < -0.39 is 0 Å². The van der Waals surface area contributed by atoms with Crippen LogP contribution in [-0.2, 0) is 7.05 Å². The lowest BCUT2D eigenvalue weighted by Gasteiger charge is -2.17. The van der Waals surface area contributed by atoms with Crippen LogP contribution in [0.15, 0.2) is 49.3 Å². The number of imidazole rings is 1. The number of hydrogen-bond donors (Lipinski definition) is 2. The minimum absolute atomic E-state index is 0.232. The van der Waals surface area contributed by atoms with Crippen LogP contribution in [0.25, 0.3) is 16.9 Å². The number of rotatable bonds is 4. The van der Waals surface area contributed by atoms with Gasteiger partial charge >= 0.3 is 0 Å². The zero-order valence-electron chi connectivity index (χ0n) is 15.5. The van der Waals surface area contributed by atoms with Crippen molar-refractivity contribution in [2.45, 2.75) is 12.5 Å². The van der Waals surface area contributed by atoms with Gasteiger partial charge in [-0.2, -0.15) is 5.10 Å². The molecule has 3 N–H and O–H groups in total. The largest absolute Gasteiger partial charge is 0.355 e. The molecule has 1 aliphatic rings. The molecule has 9 nitrogen and oxygen atoms in total. The SMILES string of the molecule is Cn1cc(-c2cnc3c(Nc4ccc(N5CC[C@H](N)C5)nc4)nccn23)cn1. The van der Waals surface area contributed by atoms with Gasteiger partial charge in [-0.1, -0.05) is 0 Å². The number of hydrogen-bond acceptors (Lipinski definition) is 7. The third kappa shape index (κ3) is 2.95. The van der Waals surface area contributed by atoms with E-state index in [4.69, 9.17) is 5.73 Å². The Morgan fingerprint density at radius 3 is 2.79 bits per heavy atom. The first-order chi connectivity index (χ1) is 13.7. The molecule has 5 rings (SSSR count). The van der Waals surface area contributed by atoms with E-state index in [9.17, 15) is 0 Å². The van der Waals surface area contributed by atoms with Gasteiger partial charge in [-0.15, -0.1) is 0 Å². The van der Waals surface area contributed by atoms with Crippen LogP contribution in [0.1, 0.15) is 6.42 Å². The maximum absolute atomic E-state index is 5.99. The molecule has 1 atom stereocenters. The van der Waals surface area contributed by atoms with Gasteiger partial charge in [0, 0.05) is 50.3 Å². The normalized spacial score (nSPS) is 16.8. The van der Waals surface area contributed by atoms with Crippen molar-refractivity contribution in [3.63, 3.8) is 0 Å². The third-order valence-corrected chi connectivity index (χ3v) is 4.99. The second-order valence-electron chi connectivity index (χ2n) is 7.04. The van der Waals surface area contributed by atoms with E-state index >= 15 is 0 Å². The van der Waals surface area contributed by atoms with Crippen molar-refractivity contribution in [2.24, 2.45) is 12.8 Å². The molecule has 5 heterocycles. The lowest BCUT2D eigenvalue weighted by Crippen LogP contribution is -2.26. The molecule has 142 valence electrons. The van der Waals surface area contributed by atoms with Crippen LogP contribution in [-0.4, -0.2) is 48.3 Å². The summed E-state index contributed by atoms with van der Waals surface area (Å²) in [6, 6.07) is 4.24. The number of pyridine rings is 1. The van der Waals surface area contributed by atoms with Crippen LogP contribution < -0.4 is 16.0 Å². The first-order valence-electron chi connectivity index (χ1n) is 9.22. The molecule has 0 saturated carbocycles. The lowest BCUT2D eigenvalue weighted by molar-refractivity contribution is 0.751. The number of nitrogens with two attached hydrogens (primary N) is 1. The monoisotopic (exact) mass is 375 g/mol. The zero-order valence-corrected chi connectivity index (χ0v) is 15.5. The fourth-order valence-corrected chi connectivity index (χ4v) is 3.55. The van der Waals surface area contributed by atoms with Gasteiger partial charge in [-0.25, -0.2) is 15.0 Å². The van der Waals surface area contributed by atoms with Gasteiger partial charge in [0.2, 0.25) is 0 Å². The van der Waals surface area contributed by atoms with Crippen molar-refractivity contribution in [2.75, 3.05) is 23.3 Å². The Morgan fingerprint density at radius 2 is 2.07 bits per heavy atom. The summed E-state index contributed by atoms with van der Waals surface area (Å²) in [5.41, 5.74) is 9.56. The van der Waals surface area contributed by atoms with Gasteiger partial charge in [0.15, 0.2) is 11.5 Å². The number of fused-ring (bicyclic) bond motifs is 1. The van der Waals surface area contributed by atoms with Crippen LogP contribution >= 0.6 is 0 Å². The average molecular weight is 375 g/mol. The molecule has 0 spiro atoms. The predicted octanol–water partition coefficient (Wildman–Crippen LogP) is 1.81. The Hall–Kier alpha value is -3.46. The molecule has 0 bridgehead atoms. The number of anilines is 3. The van der Waals surface area contributed by atoms with Crippen LogP contribution in [0.4, 0.5) is 17.3 Å². The lowest BCUT2D eigenvalue weighted by atomic mass is 10.3. The van der Waals surface area contributed by atoms with Gasteiger partial charge in [0.25, 0.3) is 0 Å². The quantitative estimate of drug-likeness (QED) is 0.561. The second-order valence-corrected chi connectivity index (χ2v) is 7.04. The minimum Gasteiger partial charge on any atom is -0.355 e. The van der Waals surface area contributed by atoms with E-state index in [0.717, 1.165) is 47.9 Å². The number of nitrogens with zero attached hydrogens (tertiary/aromatic N) is 7. The molecule has 4 aromatic heterocycles. The van der Waals surface area contributed by atoms with Crippen molar-refractivity contribution in [3.05, 3.63) is 49.3 Å². The van der Waals surface area contributed by atoms with E-state index in [2.05, 4.69) is 30.3 Å². The molecule has 28 heavy (non-hydrogen) atoms. The Bertz CT molecular complexity index is 1110. The van der Waals surface area contributed by atoms with Crippen molar-refractivity contribution in [1.29, 1.82) is 0 Å². The van der Waals surface area contributed by atoms with E-state index in [1.807, 2.05) is 54.6 Å².